The molecule has 2 aromatic carbocycles. The summed E-state index contributed by atoms with van der Waals surface area (Å²) in [6.45, 7) is 8.61. The highest BCUT2D eigenvalue weighted by Gasteiger charge is 2.31. The zero-order chi connectivity index (χ0) is 32.2. The van der Waals surface area contributed by atoms with Gasteiger partial charge in [-0.05, 0) is 70.4 Å². The molecule has 0 aliphatic carbocycles. The Morgan fingerprint density at radius 1 is 0.978 bits per heavy atom. The molecule has 1 saturated heterocycles. The van der Waals surface area contributed by atoms with E-state index in [9.17, 15) is 18.0 Å². The molecule has 2 N–H and O–H groups in total. The molecule has 0 radical (unpaired) electrons. The van der Waals surface area contributed by atoms with Crippen LogP contribution in [0.3, 0.4) is 0 Å². The van der Waals surface area contributed by atoms with E-state index in [1.807, 2.05) is 62.9 Å². The molecule has 1 fully saturated rings. The first-order valence-corrected chi connectivity index (χ1v) is 14.8. The highest BCUT2D eigenvalue weighted by Crippen LogP contribution is 2.36. The van der Waals surface area contributed by atoms with E-state index < -0.39 is 23.4 Å². The fourth-order valence-corrected chi connectivity index (χ4v) is 5.11. The van der Waals surface area contributed by atoms with E-state index in [4.69, 9.17) is 9.72 Å². The van der Waals surface area contributed by atoms with E-state index in [1.165, 1.54) is 6.07 Å². The summed E-state index contributed by atoms with van der Waals surface area (Å²) in [7, 11) is 0. The van der Waals surface area contributed by atoms with E-state index in [-0.39, 0.29) is 23.3 Å². The van der Waals surface area contributed by atoms with Gasteiger partial charge in [-0.2, -0.15) is 13.2 Å². The quantitative estimate of drug-likeness (QED) is 0.222. The van der Waals surface area contributed by atoms with Crippen molar-refractivity contribution in [3.05, 3.63) is 84.1 Å². The predicted octanol–water partition coefficient (Wildman–Crippen LogP) is 7.29. The van der Waals surface area contributed by atoms with E-state index in [0.29, 0.717) is 49.0 Å². The summed E-state index contributed by atoms with van der Waals surface area (Å²) in [5, 5.41) is 15.1. The maximum absolute atomic E-state index is 13.6. The topological polar surface area (TPSA) is 105 Å². The number of nitrogens with one attached hydrogen (secondary N) is 2. The van der Waals surface area contributed by atoms with Crippen molar-refractivity contribution in [1.29, 1.82) is 0 Å². The normalized spacial score (nSPS) is 15.0. The van der Waals surface area contributed by atoms with Crippen LogP contribution in [0.15, 0.2) is 72.9 Å². The Labute approximate surface area is 260 Å². The second-order valence-electron chi connectivity index (χ2n) is 12.0. The van der Waals surface area contributed by atoms with Crippen LogP contribution < -0.4 is 15.5 Å². The number of alkyl carbamates (subject to hydrolysis) is 1. The van der Waals surface area contributed by atoms with Crippen LogP contribution in [-0.4, -0.2) is 51.0 Å². The molecule has 0 saturated carbocycles. The zero-order valence-electron chi connectivity index (χ0n) is 25.6. The van der Waals surface area contributed by atoms with Gasteiger partial charge in [0.25, 0.3) is 0 Å². The molecule has 9 nitrogen and oxygen atoms in total. The first kappa shape index (κ1) is 31.7. The minimum absolute atomic E-state index is 0.0602. The molecule has 2 aromatic heterocycles. The molecule has 5 rings (SSSR count). The summed E-state index contributed by atoms with van der Waals surface area (Å²) < 4.78 is 46.2. The molecule has 3 heterocycles. The molecule has 1 aliphatic rings. The standard InChI is InChI=1S/C33H36F3N7O2/c1-21(22-9-6-5-7-10-22)38-30-37-16-13-27(40-30)26-20-28(41-42-29(26)23-11-8-12-24(19-23)33(34,35)36)43-17-14-25(15-18-43)39-31(44)45-32(2,3)4/h5-13,16,19-21,25H,14-15,17-18H2,1-4H3,(H,39,44)(H,37,38,40). The summed E-state index contributed by atoms with van der Waals surface area (Å²) in [6.07, 6.45) is -2.05. The number of hydrogen-bond acceptors (Lipinski definition) is 8. The van der Waals surface area contributed by atoms with Crippen molar-refractivity contribution >= 4 is 17.9 Å². The minimum atomic E-state index is -4.51. The third-order valence-electron chi connectivity index (χ3n) is 7.36. The van der Waals surface area contributed by atoms with E-state index in [1.54, 1.807) is 24.4 Å². The fourth-order valence-electron chi connectivity index (χ4n) is 5.11. The van der Waals surface area contributed by atoms with Crippen molar-refractivity contribution in [1.82, 2.24) is 25.5 Å². The number of halogens is 3. The summed E-state index contributed by atoms with van der Waals surface area (Å²) >= 11 is 0. The first-order chi connectivity index (χ1) is 21.4. The maximum Gasteiger partial charge on any atom is 0.416 e. The van der Waals surface area contributed by atoms with Crippen LogP contribution in [0.5, 0.6) is 0 Å². The Balaban J connectivity index is 1.44. The number of piperidine rings is 1. The van der Waals surface area contributed by atoms with Crippen LogP contribution in [0.25, 0.3) is 22.5 Å². The third-order valence-corrected chi connectivity index (χ3v) is 7.36. The molecule has 236 valence electrons. The lowest BCUT2D eigenvalue weighted by molar-refractivity contribution is -0.137. The Morgan fingerprint density at radius 2 is 1.71 bits per heavy atom. The number of anilines is 2. The van der Waals surface area contributed by atoms with E-state index >= 15 is 0 Å². The molecule has 4 aromatic rings. The van der Waals surface area contributed by atoms with Gasteiger partial charge in [0.15, 0.2) is 5.82 Å². The number of carbonyl (C=O) groups excluding carboxylic acids is 1. The van der Waals surface area contributed by atoms with Crippen LogP contribution in [0, 0.1) is 0 Å². The van der Waals surface area contributed by atoms with Gasteiger partial charge in [-0.25, -0.2) is 14.8 Å². The number of carbonyl (C=O) groups is 1. The lowest BCUT2D eigenvalue weighted by Gasteiger charge is -2.33. The molecule has 0 bridgehead atoms. The number of alkyl halides is 3. The number of hydrogen-bond donors (Lipinski definition) is 2. The average molecular weight is 620 g/mol. The van der Waals surface area contributed by atoms with Crippen molar-refractivity contribution in [2.45, 2.75) is 64.4 Å². The van der Waals surface area contributed by atoms with E-state index in [0.717, 1.165) is 17.7 Å². The third kappa shape index (κ3) is 8.25. The van der Waals surface area contributed by atoms with Crippen LogP contribution in [-0.2, 0) is 10.9 Å². The lowest BCUT2D eigenvalue weighted by Crippen LogP contribution is -2.46. The second kappa shape index (κ2) is 13.1. The summed E-state index contributed by atoms with van der Waals surface area (Å²) in [5.74, 6) is 0.924. The average Bonchev–Trinajstić information content (AvgIpc) is 3.00. The van der Waals surface area contributed by atoms with Crippen molar-refractivity contribution in [2.24, 2.45) is 0 Å². The molecule has 0 spiro atoms. The lowest BCUT2D eigenvalue weighted by atomic mass is 10.0. The van der Waals surface area contributed by atoms with Crippen molar-refractivity contribution in [3.63, 3.8) is 0 Å². The van der Waals surface area contributed by atoms with Gasteiger partial charge in [-0.3, -0.25) is 0 Å². The Bertz CT molecular complexity index is 1620. The van der Waals surface area contributed by atoms with Crippen molar-refractivity contribution in [2.75, 3.05) is 23.3 Å². The second-order valence-corrected chi connectivity index (χ2v) is 12.0. The van der Waals surface area contributed by atoms with Gasteiger partial charge in [0, 0.05) is 36.5 Å². The van der Waals surface area contributed by atoms with Gasteiger partial charge in [0.1, 0.15) is 11.3 Å². The molecular weight excluding hydrogens is 583 g/mol. The monoisotopic (exact) mass is 619 g/mol. The van der Waals surface area contributed by atoms with Crippen LogP contribution in [0.4, 0.5) is 29.7 Å². The number of nitrogens with zero attached hydrogens (tertiary/aromatic N) is 5. The molecule has 1 amide bonds. The smallest absolute Gasteiger partial charge is 0.416 e. The van der Waals surface area contributed by atoms with Gasteiger partial charge in [0.05, 0.1) is 17.3 Å². The summed E-state index contributed by atoms with van der Waals surface area (Å²) in [5.41, 5.74) is 1.22. The highest BCUT2D eigenvalue weighted by atomic mass is 19.4. The Morgan fingerprint density at radius 3 is 2.40 bits per heavy atom. The van der Waals surface area contributed by atoms with Gasteiger partial charge in [-0.1, -0.05) is 42.5 Å². The molecular formula is C33H36F3N7O2. The molecule has 1 unspecified atom stereocenters. The van der Waals surface area contributed by atoms with Crippen LogP contribution in [0.1, 0.15) is 57.7 Å². The van der Waals surface area contributed by atoms with E-state index in [2.05, 4.69) is 25.8 Å². The number of aromatic nitrogens is 4. The maximum atomic E-state index is 13.6. The number of benzene rings is 2. The number of ether oxygens (including phenoxy) is 1. The SMILES string of the molecule is CC(Nc1nccc(-c2cc(N3CCC(NC(=O)OC(C)(C)C)CC3)nnc2-c2cccc(C(F)(F)F)c2)n1)c1ccccc1. The Hall–Kier alpha value is -4.74. The fraction of sp³-hybridized carbons (Fsp3) is 0.364. The van der Waals surface area contributed by atoms with Gasteiger partial charge in [-0.15, -0.1) is 10.2 Å². The van der Waals surface area contributed by atoms with Crippen LogP contribution in [0.2, 0.25) is 0 Å². The van der Waals surface area contributed by atoms with Crippen molar-refractivity contribution < 1.29 is 22.7 Å². The Kier molecular flexibility index (Phi) is 9.21. The van der Waals surface area contributed by atoms with Gasteiger partial charge < -0.3 is 20.3 Å². The highest BCUT2D eigenvalue weighted by molar-refractivity contribution is 5.81. The predicted molar refractivity (Wildman–Crippen MR) is 167 cm³/mol. The van der Waals surface area contributed by atoms with Crippen LogP contribution >= 0.6 is 0 Å². The van der Waals surface area contributed by atoms with Gasteiger partial charge in [0.2, 0.25) is 5.95 Å². The first-order valence-electron chi connectivity index (χ1n) is 14.8. The zero-order valence-corrected chi connectivity index (χ0v) is 25.6. The minimum Gasteiger partial charge on any atom is -0.444 e. The molecule has 1 atom stereocenters. The summed E-state index contributed by atoms with van der Waals surface area (Å²) in [6, 6.07) is 18.2. The molecule has 12 heteroatoms. The number of amides is 1. The van der Waals surface area contributed by atoms with Crippen molar-refractivity contribution in [3.8, 4) is 22.5 Å². The summed E-state index contributed by atoms with van der Waals surface area (Å²) in [4.78, 5) is 23.4. The molecule has 1 aliphatic heterocycles. The number of rotatable bonds is 7. The van der Waals surface area contributed by atoms with Gasteiger partial charge >= 0.3 is 12.3 Å². The molecule has 45 heavy (non-hydrogen) atoms. The largest absolute Gasteiger partial charge is 0.444 e.